The van der Waals surface area contributed by atoms with Crippen molar-refractivity contribution in [3.63, 3.8) is 0 Å². The monoisotopic (exact) mass is 412 g/mol. The summed E-state index contributed by atoms with van der Waals surface area (Å²) in [5.74, 6) is -0.375. The fourth-order valence-electron chi connectivity index (χ4n) is 4.60. The molecule has 2 aliphatic heterocycles. The van der Waals surface area contributed by atoms with E-state index in [0.29, 0.717) is 23.7 Å². The van der Waals surface area contributed by atoms with Gasteiger partial charge in [0.1, 0.15) is 23.5 Å². The SMILES string of the molecule is CC1C(=O)N(C)c2ccc(N3C(=O)CCC3c3ccc(F)cc3F)nc2N1C1CC1. The van der Waals surface area contributed by atoms with Crippen LogP contribution in [-0.4, -0.2) is 35.9 Å². The van der Waals surface area contributed by atoms with E-state index in [0.717, 1.165) is 18.9 Å². The average Bonchev–Trinajstić information content (AvgIpc) is 3.48. The van der Waals surface area contributed by atoms with Crippen molar-refractivity contribution in [1.29, 1.82) is 0 Å². The van der Waals surface area contributed by atoms with Crippen LogP contribution in [0.25, 0.3) is 0 Å². The minimum atomic E-state index is -0.670. The molecule has 1 aromatic carbocycles. The van der Waals surface area contributed by atoms with Gasteiger partial charge in [0.25, 0.3) is 0 Å². The van der Waals surface area contributed by atoms with Gasteiger partial charge in [0.05, 0.1) is 11.7 Å². The van der Waals surface area contributed by atoms with Gasteiger partial charge >= 0.3 is 0 Å². The number of amides is 2. The van der Waals surface area contributed by atoms with Gasteiger partial charge in [-0.05, 0) is 44.4 Å². The first-order chi connectivity index (χ1) is 14.4. The third kappa shape index (κ3) is 2.85. The van der Waals surface area contributed by atoms with Crippen molar-refractivity contribution in [3.8, 4) is 0 Å². The summed E-state index contributed by atoms with van der Waals surface area (Å²) in [6, 6.07) is 6.31. The second-order valence-corrected chi connectivity index (χ2v) is 8.21. The van der Waals surface area contributed by atoms with Crippen LogP contribution in [0, 0.1) is 11.6 Å². The van der Waals surface area contributed by atoms with Crippen molar-refractivity contribution in [2.75, 3.05) is 21.7 Å². The number of carbonyl (C=O) groups excluding carboxylic acids is 2. The number of aromatic nitrogens is 1. The molecule has 1 aliphatic carbocycles. The third-order valence-corrected chi connectivity index (χ3v) is 6.27. The molecule has 5 rings (SSSR count). The van der Waals surface area contributed by atoms with E-state index in [9.17, 15) is 18.4 Å². The quantitative estimate of drug-likeness (QED) is 0.774. The van der Waals surface area contributed by atoms with Crippen molar-refractivity contribution in [3.05, 3.63) is 47.5 Å². The lowest BCUT2D eigenvalue weighted by molar-refractivity contribution is -0.119. The molecule has 2 unspecified atom stereocenters. The lowest BCUT2D eigenvalue weighted by Crippen LogP contribution is -2.52. The van der Waals surface area contributed by atoms with Crippen LogP contribution in [0.3, 0.4) is 0 Å². The second kappa shape index (κ2) is 6.75. The lowest BCUT2D eigenvalue weighted by atomic mass is 10.0. The van der Waals surface area contributed by atoms with Crippen LogP contribution in [0.1, 0.15) is 44.2 Å². The van der Waals surface area contributed by atoms with Crippen LogP contribution in [0.2, 0.25) is 0 Å². The molecular weight excluding hydrogens is 390 g/mol. The van der Waals surface area contributed by atoms with E-state index in [1.165, 1.54) is 17.0 Å². The molecule has 3 aliphatic rings. The van der Waals surface area contributed by atoms with Gasteiger partial charge in [0, 0.05) is 31.1 Å². The molecule has 0 N–H and O–H groups in total. The summed E-state index contributed by atoms with van der Waals surface area (Å²) < 4.78 is 27.8. The first-order valence-corrected chi connectivity index (χ1v) is 10.2. The predicted octanol–water partition coefficient (Wildman–Crippen LogP) is 3.56. The normalized spacial score (nSPS) is 23.9. The molecule has 0 bridgehead atoms. The molecule has 3 heterocycles. The van der Waals surface area contributed by atoms with Crippen molar-refractivity contribution in [2.45, 2.75) is 50.7 Å². The predicted molar refractivity (Wildman–Crippen MR) is 108 cm³/mol. The number of nitrogens with zero attached hydrogens (tertiary/aromatic N) is 4. The summed E-state index contributed by atoms with van der Waals surface area (Å²) >= 11 is 0. The van der Waals surface area contributed by atoms with E-state index in [1.54, 1.807) is 24.1 Å². The number of carbonyl (C=O) groups is 2. The van der Waals surface area contributed by atoms with E-state index in [1.807, 2.05) is 11.8 Å². The summed E-state index contributed by atoms with van der Waals surface area (Å²) in [6.07, 6.45) is 2.69. The number of halogens is 2. The van der Waals surface area contributed by atoms with Gasteiger partial charge in [-0.15, -0.1) is 0 Å². The summed E-state index contributed by atoms with van der Waals surface area (Å²) in [5, 5.41) is 0. The Morgan fingerprint density at radius 1 is 1.07 bits per heavy atom. The first kappa shape index (κ1) is 19.0. The molecule has 1 saturated carbocycles. The number of hydrogen-bond donors (Lipinski definition) is 0. The highest BCUT2D eigenvalue weighted by Crippen LogP contribution is 2.44. The van der Waals surface area contributed by atoms with Crippen LogP contribution < -0.4 is 14.7 Å². The van der Waals surface area contributed by atoms with Crippen LogP contribution in [-0.2, 0) is 9.59 Å². The van der Waals surface area contributed by atoms with E-state index >= 15 is 0 Å². The van der Waals surface area contributed by atoms with Crippen LogP contribution in [0.4, 0.5) is 26.1 Å². The van der Waals surface area contributed by atoms with E-state index in [2.05, 4.69) is 0 Å². The van der Waals surface area contributed by atoms with Crippen LogP contribution >= 0.6 is 0 Å². The lowest BCUT2D eigenvalue weighted by Gasteiger charge is -2.40. The smallest absolute Gasteiger partial charge is 0.249 e. The second-order valence-electron chi connectivity index (χ2n) is 8.21. The Balaban J connectivity index is 1.58. The molecule has 6 nitrogen and oxygen atoms in total. The molecule has 2 atom stereocenters. The summed E-state index contributed by atoms with van der Waals surface area (Å²) in [6.45, 7) is 1.87. The maximum absolute atomic E-state index is 14.5. The highest BCUT2D eigenvalue weighted by Gasteiger charge is 2.43. The Hall–Kier alpha value is -3.03. The largest absolute Gasteiger partial charge is 0.340 e. The fourth-order valence-corrected chi connectivity index (χ4v) is 4.60. The minimum absolute atomic E-state index is 0.00691. The van der Waals surface area contributed by atoms with E-state index < -0.39 is 17.7 Å². The molecular formula is C22H22F2N4O2. The minimum Gasteiger partial charge on any atom is -0.340 e. The molecule has 8 heteroatoms. The van der Waals surface area contributed by atoms with Crippen molar-refractivity contribution in [2.24, 2.45) is 0 Å². The number of rotatable bonds is 3. The third-order valence-electron chi connectivity index (χ3n) is 6.27. The molecule has 1 aromatic heterocycles. The Morgan fingerprint density at radius 2 is 1.83 bits per heavy atom. The van der Waals surface area contributed by atoms with Crippen LogP contribution in [0.5, 0.6) is 0 Å². The Kier molecular flexibility index (Phi) is 4.27. The van der Waals surface area contributed by atoms with Gasteiger partial charge in [-0.25, -0.2) is 13.8 Å². The number of pyridine rings is 1. The number of fused-ring (bicyclic) bond motifs is 1. The maximum atomic E-state index is 14.5. The molecule has 1 saturated heterocycles. The molecule has 156 valence electrons. The fraction of sp³-hybridized carbons (Fsp3) is 0.409. The van der Waals surface area contributed by atoms with Crippen molar-refractivity contribution >= 4 is 29.1 Å². The highest BCUT2D eigenvalue weighted by molar-refractivity contribution is 6.05. The van der Waals surface area contributed by atoms with E-state index in [-0.39, 0.29) is 35.9 Å². The highest BCUT2D eigenvalue weighted by atomic mass is 19.1. The molecule has 0 spiro atoms. The van der Waals surface area contributed by atoms with Gasteiger partial charge in [0.15, 0.2) is 5.82 Å². The topological polar surface area (TPSA) is 56.8 Å². The summed E-state index contributed by atoms with van der Waals surface area (Å²) in [7, 11) is 1.72. The summed E-state index contributed by atoms with van der Waals surface area (Å²) in [4.78, 5) is 35.3. The van der Waals surface area contributed by atoms with E-state index in [4.69, 9.17) is 4.98 Å². The maximum Gasteiger partial charge on any atom is 0.249 e. The molecule has 2 aromatic rings. The molecule has 30 heavy (non-hydrogen) atoms. The zero-order valence-electron chi connectivity index (χ0n) is 16.8. The zero-order chi connectivity index (χ0) is 21.2. The van der Waals surface area contributed by atoms with Crippen molar-refractivity contribution < 1.29 is 18.4 Å². The Bertz CT molecular complexity index is 1060. The summed E-state index contributed by atoms with van der Waals surface area (Å²) in [5.41, 5.74) is 0.978. The number of hydrogen-bond acceptors (Lipinski definition) is 4. The number of likely N-dealkylation sites (N-methyl/N-ethyl adjacent to an activating group) is 1. The van der Waals surface area contributed by atoms with Gasteiger partial charge < -0.3 is 9.80 Å². The van der Waals surface area contributed by atoms with Gasteiger partial charge in [0.2, 0.25) is 11.8 Å². The van der Waals surface area contributed by atoms with Gasteiger partial charge in [-0.1, -0.05) is 6.07 Å². The average molecular weight is 412 g/mol. The zero-order valence-corrected chi connectivity index (χ0v) is 16.8. The van der Waals surface area contributed by atoms with Gasteiger partial charge in [-0.2, -0.15) is 0 Å². The Labute approximate surface area is 173 Å². The molecule has 0 radical (unpaired) electrons. The molecule has 2 amide bonds. The number of benzene rings is 1. The van der Waals surface area contributed by atoms with Crippen molar-refractivity contribution in [1.82, 2.24) is 4.98 Å². The first-order valence-electron chi connectivity index (χ1n) is 10.2. The molecule has 2 fully saturated rings. The Morgan fingerprint density at radius 3 is 2.53 bits per heavy atom. The van der Waals surface area contributed by atoms with Gasteiger partial charge in [-0.3, -0.25) is 14.5 Å². The number of anilines is 3. The van der Waals surface area contributed by atoms with Crippen LogP contribution in [0.15, 0.2) is 30.3 Å². The standard InChI is InChI=1S/C22H22F2N4O2/c1-12-22(30)26(2)18-7-9-19(25-21(18)27(12)14-4-5-14)28-17(8-10-20(28)29)15-6-3-13(23)11-16(15)24/h3,6-7,9,11-12,14,17H,4-5,8,10H2,1-2H3.